The van der Waals surface area contributed by atoms with Gasteiger partial charge < -0.3 is 4.74 Å². The van der Waals surface area contributed by atoms with Gasteiger partial charge in [0, 0.05) is 18.7 Å². The highest BCUT2D eigenvalue weighted by molar-refractivity contribution is 7.89. The summed E-state index contributed by atoms with van der Waals surface area (Å²) in [4.78, 5) is 18.5. The molecule has 38 heavy (non-hydrogen) atoms. The zero-order valence-corrected chi connectivity index (χ0v) is 22.8. The van der Waals surface area contributed by atoms with Crippen LogP contribution in [0.4, 0.5) is 5.13 Å². The maximum Gasteiger partial charge on any atom is 0.280 e. The highest BCUT2D eigenvalue weighted by Gasteiger charge is 2.29. The Bertz CT molecular complexity index is 1570. The van der Waals surface area contributed by atoms with Gasteiger partial charge in [-0.1, -0.05) is 48.6 Å². The summed E-state index contributed by atoms with van der Waals surface area (Å²) in [6.45, 7) is 3.08. The van der Waals surface area contributed by atoms with Crippen molar-refractivity contribution in [3.8, 4) is 5.75 Å². The Morgan fingerprint density at radius 1 is 1.13 bits per heavy atom. The molecule has 1 saturated heterocycles. The number of amides is 1. The standard InChI is InChI=1S/C28H28N4O4S2/c1-20-7-6-16-31(19-20)38(34,35)24-13-10-22(11-14-24)27(33)32(29-18-21-8-4-3-5-9-21)28-30-25-15-12-23(36-2)17-26(25)37-28/h3-5,8-15,17-18,20H,6-7,16,19H2,1-2H3/b29-18+. The van der Waals surface area contributed by atoms with Gasteiger partial charge >= 0.3 is 0 Å². The van der Waals surface area contributed by atoms with Crippen LogP contribution < -0.4 is 9.75 Å². The Hall–Kier alpha value is -3.60. The molecule has 1 amide bonds. The number of piperidine rings is 1. The van der Waals surface area contributed by atoms with Crippen molar-refractivity contribution < 1.29 is 17.9 Å². The molecule has 1 fully saturated rings. The molecule has 5 rings (SSSR count). The molecule has 1 aliphatic rings. The van der Waals surface area contributed by atoms with Crippen molar-refractivity contribution in [3.05, 3.63) is 83.9 Å². The van der Waals surface area contributed by atoms with Crippen LogP contribution in [0.15, 0.2) is 82.8 Å². The highest BCUT2D eigenvalue weighted by atomic mass is 32.2. The number of fused-ring (bicyclic) bond motifs is 1. The van der Waals surface area contributed by atoms with Crippen molar-refractivity contribution in [3.63, 3.8) is 0 Å². The third kappa shape index (κ3) is 5.47. The molecule has 1 unspecified atom stereocenters. The van der Waals surface area contributed by atoms with Crippen molar-refractivity contribution >= 4 is 48.8 Å². The Morgan fingerprint density at radius 2 is 1.89 bits per heavy atom. The van der Waals surface area contributed by atoms with Gasteiger partial charge in [0.25, 0.3) is 5.91 Å². The molecule has 0 N–H and O–H groups in total. The van der Waals surface area contributed by atoms with Gasteiger partial charge in [0.15, 0.2) is 0 Å². The number of thiazole rings is 1. The predicted octanol–water partition coefficient (Wildman–Crippen LogP) is 5.41. The topological polar surface area (TPSA) is 92.2 Å². The Kier molecular flexibility index (Phi) is 7.55. The van der Waals surface area contributed by atoms with E-state index in [0.29, 0.717) is 35.5 Å². The number of nitrogens with zero attached hydrogens (tertiary/aromatic N) is 4. The SMILES string of the molecule is COc1ccc2nc(N(/N=C/c3ccccc3)C(=O)c3ccc(S(=O)(=O)N4CCCC(C)C4)cc3)sc2c1. The molecule has 0 aliphatic carbocycles. The number of carbonyl (C=O) groups is 1. The zero-order chi connectivity index (χ0) is 26.7. The lowest BCUT2D eigenvalue weighted by Crippen LogP contribution is -2.39. The number of methoxy groups -OCH3 is 1. The number of aromatic nitrogens is 1. The van der Waals surface area contributed by atoms with Gasteiger partial charge in [-0.05, 0) is 66.8 Å². The number of benzene rings is 3. The number of hydrogen-bond acceptors (Lipinski definition) is 7. The number of rotatable bonds is 7. The van der Waals surface area contributed by atoms with Crippen LogP contribution in [0.2, 0.25) is 0 Å². The van der Waals surface area contributed by atoms with Crippen LogP contribution >= 0.6 is 11.3 Å². The van der Waals surface area contributed by atoms with Crippen molar-refractivity contribution in [2.45, 2.75) is 24.7 Å². The van der Waals surface area contributed by atoms with Crippen LogP contribution in [0, 0.1) is 5.92 Å². The first kappa shape index (κ1) is 26.0. The number of sulfonamides is 1. The quantitative estimate of drug-likeness (QED) is 0.228. The van der Waals surface area contributed by atoms with Crippen LogP contribution in [0.25, 0.3) is 10.2 Å². The summed E-state index contributed by atoms with van der Waals surface area (Å²) in [5, 5.41) is 6.12. The van der Waals surface area contributed by atoms with E-state index < -0.39 is 15.9 Å². The minimum Gasteiger partial charge on any atom is -0.497 e. The van der Waals surface area contributed by atoms with E-state index in [1.165, 1.54) is 44.9 Å². The average molecular weight is 549 g/mol. The molecule has 1 atom stereocenters. The largest absolute Gasteiger partial charge is 0.497 e. The van der Waals surface area contributed by atoms with Crippen molar-refractivity contribution in [1.29, 1.82) is 0 Å². The monoisotopic (exact) mass is 548 g/mol. The Balaban J connectivity index is 1.47. The van der Waals surface area contributed by atoms with Crippen LogP contribution in [0.3, 0.4) is 0 Å². The van der Waals surface area contributed by atoms with E-state index in [4.69, 9.17) is 4.74 Å². The van der Waals surface area contributed by atoms with Gasteiger partial charge in [-0.2, -0.15) is 14.4 Å². The smallest absolute Gasteiger partial charge is 0.280 e. The van der Waals surface area contributed by atoms with E-state index in [0.717, 1.165) is 28.6 Å². The van der Waals surface area contributed by atoms with Crippen LogP contribution in [0.1, 0.15) is 35.7 Å². The molecule has 0 bridgehead atoms. The molecule has 4 aromatic rings. The van der Waals surface area contributed by atoms with E-state index in [9.17, 15) is 13.2 Å². The molecule has 0 saturated carbocycles. The summed E-state index contributed by atoms with van der Waals surface area (Å²) in [6.07, 6.45) is 3.47. The third-order valence-electron chi connectivity index (χ3n) is 6.44. The van der Waals surface area contributed by atoms with E-state index in [1.54, 1.807) is 13.3 Å². The molecule has 2 heterocycles. The molecule has 1 aliphatic heterocycles. The summed E-state index contributed by atoms with van der Waals surface area (Å²) in [5.41, 5.74) is 1.85. The first-order chi connectivity index (χ1) is 18.3. The van der Waals surface area contributed by atoms with Crippen LogP contribution in [-0.4, -0.2) is 50.0 Å². The van der Waals surface area contributed by atoms with Gasteiger partial charge in [0.1, 0.15) is 5.75 Å². The fourth-order valence-electron chi connectivity index (χ4n) is 4.37. The van der Waals surface area contributed by atoms with Crippen LogP contribution in [0.5, 0.6) is 5.75 Å². The Labute approximate surface area is 226 Å². The molecular formula is C28H28N4O4S2. The predicted molar refractivity (Wildman–Crippen MR) is 151 cm³/mol. The average Bonchev–Trinajstić information content (AvgIpc) is 3.36. The maximum atomic E-state index is 13.7. The van der Waals surface area contributed by atoms with Crippen molar-refractivity contribution in [2.75, 3.05) is 25.2 Å². The third-order valence-corrected chi connectivity index (χ3v) is 9.31. The molecule has 196 valence electrons. The lowest BCUT2D eigenvalue weighted by molar-refractivity contribution is 0.0987. The first-order valence-electron chi connectivity index (χ1n) is 12.3. The molecule has 0 radical (unpaired) electrons. The summed E-state index contributed by atoms with van der Waals surface area (Å²) >= 11 is 1.32. The van der Waals surface area contributed by atoms with Gasteiger partial charge in [-0.3, -0.25) is 4.79 Å². The van der Waals surface area contributed by atoms with Gasteiger partial charge in [-0.15, -0.1) is 0 Å². The lowest BCUT2D eigenvalue weighted by Gasteiger charge is -2.30. The second-order valence-electron chi connectivity index (χ2n) is 9.24. The molecular weight excluding hydrogens is 520 g/mol. The molecule has 3 aromatic carbocycles. The molecule has 10 heteroatoms. The second-order valence-corrected chi connectivity index (χ2v) is 12.2. The maximum absolute atomic E-state index is 13.7. The fourth-order valence-corrected chi connectivity index (χ4v) is 6.92. The van der Waals surface area contributed by atoms with E-state index >= 15 is 0 Å². The lowest BCUT2D eigenvalue weighted by atomic mass is 10.0. The molecule has 0 spiro atoms. The van der Waals surface area contributed by atoms with Gasteiger partial charge in [0.05, 0.1) is 28.4 Å². The summed E-state index contributed by atoms with van der Waals surface area (Å²) < 4.78 is 34.0. The Morgan fingerprint density at radius 3 is 2.61 bits per heavy atom. The van der Waals surface area contributed by atoms with E-state index in [2.05, 4.69) is 17.0 Å². The van der Waals surface area contributed by atoms with Crippen molar-refractivity contribution in [1.82, 2.24) is 9.29 Å². The number of anilines is 1. The normalized spacial score (nSPS) is 16.6. The summed E-state index contributed by atoms with van der Waals surface area (Å²) in [5.74, 6) is 0.598. The number of ether oxygens (including phenoxy) is 1. The highest BCUT2D eigenvalue weighted by Crippen LogP contribution is 2.33. The van der Waals surface area contributed by atoms with E-state index in [1.807, 2.05) is 48.5 Å². The minimum atomic E-state index is -3.62. The number of hydrazone groups is 1. The molecule has 1 aromatic heterocycles. The van der Waals surface area contributed by atoms with Crippen LogP contribution in [-0.2, 0) is 10.0 Å². The summed E-state index contributed by atoms with van der Waals surface area (Å²) in [7, 11) is -2.03. The van der Waals surface area contributed by atoms with Gasteiger partial charge in [-0.25, -0.2) is 13.4 Å². The fraction of sp³-hybridized carbons (Fsp3) is 0.250. The van der Waals surface area contributed by atoms with E-state index in [-0.39, 0.29) is 4.90 Å². The summed E-state index contributed by atoms with van der Waals surface area (Å²) in [6, 6.07) is 21.0. The number of carbonyl (C=O) groups excluding carboxylic acids is 1. The number of hydrogen-bond donors (Lipinski definition) is 0. The minimum absolute atomic E-state index is 0.176. The van der Waals surface area contributed by atoms with Gasteiger partial charge in [0.2, 0.25) is 15.2 Å². The second kappa shape index (κ2) is 11.0. The zero-order valence-electron chi connectivity index (χ0n) is 21.1. The van der Waals surface area contributed by atoms with Crippen molar-refractivity contribution in [2.24, 2.45) is 11.0 Å². The first-order valence-corrected chi connectivity index (χ1v) is 14.6. The molecule has 8 nitrogen and oxygen atoms in total.